The Balaban J connectivity index is 1.61. The van der Waals surface area contributed by atoms with Gasteiger partial charge in [0.2, 0.25) is 0 Å². The summed E-state index contributed by atoms with van der Waals surface area (Å²) in [7, 11) is -3.11. The third kappa shape index (κ3) is 4.55. The molecular weight excluding hydrogens is 380 g/mol. The fourth-order valence-corrected chi connectivity index (χ4v) is 5.41. The number of hydrogen-bond donors (Lipinski definition) is 1. The number of hydrogen-bond acceptors (Lipinski definition) is 5. The lowest BCUT2D eigenvalue weighted by Crippen LogP contribution is -2.48. The number of rotatable bonds is 7. The van der Waals surface area contributed by atoms with Gasteiger partial charge in [-0.3, -0.25) is 9.59 Å². The highest BCUT2D eigenvalue weighted by Gasteiger charge is 2.36. The summed E-state index contributed by atoms with van der Waals surface area (Å²) in [6.45, 7) is 3.45. The van der Waals surface area contributed by atoms with Crippen molar-refractivity contribution in [3.63, 3.8) is 0 Å². The average Bonchev–Trinajstić information content (AvgIpc) is 3.23. The highest BCUT2D eigenvalue weighted by molar-refractivity contribution is 7.91. The standard InChI is InChI=1S/C20H26N2O5S/c1-3-14(2)22(16-8-9-28(25,26)13-16)19(23)12-27-20(24)10-15-11-21-18-7-5-4-6-17(15)18/h4-7,11,14,16,21H,3,8-10,12-13H2,1-2H3/t14-,16-/m1/s1. The van der Waals surface area contributed by atoms with Crippen LogP contribution >= 0.6 is 0 Å². The molecule has 1 saturated heterocycles. The zero-order valence-electron chi connectivity index (χ0n) is 16.2. The molecule has 28 heavy (non-hydrogen) atoms. The predicted molar refractivity (Wildman–Crippen MR) is 107 cm³/mol. The molecular formula is C20H26N2O5S. The maximum Gasteiger partial charge on any atom is 0.310 e. The molecule has 7 nitrogen and oxygen atoms in total. The number of aromatic nitrogens is 1. The van der Waals surface area contributed by atoms with Crippen molar-refractivity contribution in [1.29, 1.82) is 0 Å². The van der Waals surface area contributed by atoms with Gasteiger partial charge in [-0.25, -0.2) is 8.42 Å². The maximum absolute atomic E-state index is 12.7. The molecule has 1 aromatic carbocycles. The molecule has 1 amide bonds. The monoisotopic (exact) mass is 406 g/mol. The van der Waals surface area contributed by atoms with Gasteiger partial charge in [0.25, 0.3) is 5.91 Å². The summed E-state index contributed by atoms with van der Waals surface area (Å²) in [5.74, 6) is -0.755. The van der Waals surface area contributed by atoms with Crippen LogP contribution in [0.4, 0.5) is 0 Å². The van der Waals surface area contributed by atoms with Crippen molar-refractivity contribution in [3.05, 3.63) is 36.0 Å². The van der Waals surface area contributed by atoms with Gasteiger partial charge >= 0.3 is 5.97 Å². The molecule has 1 aliphatic heterocycles. The van der Waals surface area contributed by atoms with Crippen molar-refractivity contribution in [2.75, 3.05) is 18.1 Å². The first-order valence-corrected chi connectivity index (χ1v) is 11.3. The minimum Gasteiger partial charge on any atom is -0.455 e. The first kappa shape index (κ1) is 20.4. The molecule has 8 heteroatoms. The Bertz CT molecular complexity index is 966. The maximum atomic E-state index is 12.7. The van der Waals surface area contributed by atoms with E-state index in [1.807, 2.05) is 38.1 Å². The van der Waals surface area contributed by atoms with Crippen LogP contribution in [0.25, 0.3) is 10.9 Å². The number of nitrogens with one attached hydrogen (secondary N) is 1. The quantitative estimate of drug-likeness (QED) is 0.710. The van der Waals surface area contributed by atoms with E-state index >= 15 is 0 Å². The van der Waals surface area contributed by atoms with Gasteiger partial charge in [-0.05, 0) is 31.4 Å². The summed E-state index contributed by atoms with van der Waals surface area (Å²) >= 11 is 0. The molecule has 2 atom stereocenters. The number of sulfone groups is 1. The third-order valence-corrected chi connectivity index (χ3v) is 7.07. The molecule has 0 saturated carbocycles. The molecule has 0 unspecified atom stereocenters. The van der Waals surface area contributed by atoms with Gasteiger partial charge in [-0.1, -0.05) is 25.1 Å². The van der Waals surface area contributed by atoms with Crippen molar-refractivity contribution in [1.82, 2.24) is 9.88 Å². The molecule has 1 aromatic heterocycles. The van der Waals surface area contributed by atoms with Gasteiger partial charge in [-0.2, -0.15) is 0 Å². The fraction of sp³-hybridized carbons (Fsp3) is 0.500. The summed E-state index contributed by atoms with van der Waals surface area (Å²) in [5, 5.41) is 0.947. The van der Waals surface area contributed by atoms with E-state index < -0.39 is 15.8 Å². The molecule has 0 bridgehead atoms. The van der Waals surface area contributed by atoms with Gasteiger partial charge in [0.15, 0.2) is 16.4 Å². The van der Waals surface area contributed by atoms with Crippen LogP contribution in [0.5, 0.6) is 0 Å². The lowest BCUT2D eigenvalue weighted by atomic mass is 10.1. The van der Waals surface area contributed by atoms with Crippen molar-refractivity contribution in [3.8, 4) is 0 Å². The Morgan fingerprint density at radius 3 is 2.75 bits per heavy atom. The van der Waals surface area contributed by atoms with Crippen LogP contribution < -0.4 is 0 Å². The lowest BCUT2D eigenvalue weighted by molar-refractivity contribution is -0.153. The van der Waals surface area contributed by atoms with E-state index in [9.17, 15) is 18.0 Å². The highest BCUT2D eigenvalue weighted by atomic mass is 32.2. The number of H-pyrrole nitrogens is 1. The minimum absolute atomic E-state index is 0.0215. The summed E-state index contributed by atoms with van der Waals surface area (Å²) in [5.41, 5.74) is 1.75. The van der Waals surface area contributed by atoms with E-state index in [-0.39, 0.29) is 42.5 Å². The number of amides is 1. The number of carbonyl (C=O) groups excluding carboxylic acids is 2. The van der Waals surface area contributed by atoms with Gasteiger partial charge in [0.1, 0.15) is 0 Å². The smallest absolute Gasteiger partial charge is 0.310 e. The first-order chi connectivity index (χ1) is 13.3. The Hall–Kier alpha value is -2.35. The van der Waals surface area contributed by atoms with Crippen molar-refractivity contribution in [2.45, 2.75) is 45.2 Å². The molecule has 2 heterocycles. The van der Waals surface area contributed by atoms with Crippen molar-refractivity contribution < 1.29 is 22.7 Å². The Kier molecular flexibility index (Phi) is 6.07. The van der Waals surface area contributed by atoms with Crippen molar-refractivity contribution >= 4 is 32.6 Å². The number of fused-ring (bicyclic) bond motifs is 1. The molecule has 152 valence electrons. The van der Waals surface area contributed by atoms with Crippen LogP contribution in [0.3, 0.4) is 0 Å². The van der Waals surface area contributed by atoms with E-state index in [2.05, 4.69) is 4.98 Å². The molecule has 1 fully saturated rings. The van der Waals surface area contributed by atoms with Gasteiger partial charge in [-0.15, -0.1) is 0 Å². The molecule has 1 N–H and O–H groups in total. The zero-order chi connectivity index (χ0) is 20.3. The van der Waals surface area contributed by atoms with E-state index in [0.717, 1.165) is 16.5 Å². The van der Waals surface area contributed by atoms with E-state index in [4.69, 9.17) is 4.74 Å². The van der Waals surface area contributed by atoms with Crippen LogP contribution in [0, 0.1) is 0 Å². The van der Waals surface area contributed by atoms with Crippen LogP contribution in [0.1, 0.15) is 32.3 Å². The molecule has 0 aliphatic carbocycles. The largest absolute Gasteiger partial charge is 0.455 e. The number of esters is 1. The summed E-state index contributed by atoms with van der Waals surface area (Å²) < 4.78 is 28.8. The first-order valence-electron chi connectivity index (χ1n) is 9.53. The summed E-state index contributed by atoms with van der Waals surface area (Å²) in [6, 6.07) is 7.19. The number of para-hydroxylation sites is 1. The number of nitrogens with zero attached hydrogens (tertiary/aromatic N) is 1. The average molecular weight is 407 g/mol. The van der Waals surface area contributed by atoms with Crippen molar-refractivity contribution in [2.24, 2.45) is 0 Å². The van der Waals surface area contributed by atoms with E-state index in [1.54, 1.807) is 11.1 Å². The van der Waals surface area contributed by atoms with E-state index in [0.29, 0.717) is 12.8 Å². The topological polar surface area (TPSA) is 96.5 Å². The van der Waals surface area contributed by atoms with Gasteiger partial charge in [0.05, 0.1) is 17.9 Å². The molecule has 0 spiro atoms. The third-order valence-electron chi connectivity index (χ3n) is 5.32. The molecule has 2 aromatic rings. The second-order valence-corrected chi connectivity index (χ2v) is 9.54. The Morgan fingerprint density at radius 2 is 2.07 bits per heavy atom. The van der Waals surface area contributed by atoms with Crippen LogP contribution in [-0.2, 0) is 30.6 Å². The number of carbonyl (C=O) groups is 2. The second kappa shape index (κ2) is 8.34. The zero-order valence-corrected chi connectivity index (χ0v) is 17.0. The summed E-state index contributed by atoms with van der Waals surface area (Å²) in [4.78, 5) is 29.6. The minimum atomic E-state index is -3.11. The summed E-state index contributed by atoms with van der Waals surface area (Å²) in [6.07, 6.45) is 2.97. The number of benzene rings is 1. The number of aromatic amines is 1. The predicted octanol–water partition coefficient (Wildman–Crippen LogP) is 2.07. The number of ether oxygens (including phenoxy) is 1. The Labute approximate surface area is 165 Å². The van der Waals surface area contributed by atoms with E-state index in [1.165, 1.54) is 0 Å². The highest BCUT2D eigenvalue weighted by Crippen LogP contribution is 2.22. The molecule has 1 aliphatic rings. The van der Waals surface area contributed by atoms with Crippen LogP contribution in [0.2, 0.25) is 0 Å². The molecule has 3 rings (SSSR count). The lowest BCUT2D eigenvalue weighted by Gasteiger charge is -2.33. The normalized spacial score (nSPS) is 19.4. The second-order valence-electron chi connectivity index (χ2n) is 7.31. The van der Waals surface area contributed by atoms with Crippen LogP contribution in [0.15, 0.2) is 30.5 Å². The SMILES string of the molecule is CC[C@@H](C)N(C(=O)COC(=O)Cc1c[nH]c2ccccc12)[C@@H]1CCS(=O)(=O)C1. The molecule has 0 radical (unpaired) electrons. The van der Waals surface area contributed by atoms with Gasteiger partial charge in [0, 0.05) is 29.2 Å². The van der Waals surface area contributed by atoms with Crippen LogP contribution in [-0.4, -0.2) is 60.4 Å². The van der Waals surface area contributed by atoms with Gasteiger partial charge < -0.3 is 14.6 Å². The fourth-order valence-electron chi connectivity index (χ4n) is 3.70. The Morgan fingerprint density at radius 1 is 1.32 bits per heavy atom.